The second-order valence-electron chi connectivity index (χ2n) is 6.98. The molecule has 0 bridgehead atoms. The van der Waals surface area contributed by atoms with Gasteiger partial charge < -0.3 is 10.1 Å². The summed E-state index contributed by atoms with van der Waals surface area (Å²) >= 11 is 0. The Morgan fingerprint density at radius 3 is 2.56 bits per heavy atom. The molecule has 0 saturated heterocycles. The summed E-state index contributed by atoms with van der Waals surface area (Å²) in [6, 6.07) is 9.99. The fourth-order valence-corrected chi connectivity index (χ4v) is 3.15. The number of rotatable bonds is 7. The minimum Gasteiger partial charge on any atom is -0.473 e. The summed E-state index contributed by atoms with van der Waals surface area (Å²) in [4.78, 5) is 16.6. The number of carbonyl (C=O) groups excluding carboxylic acids is 1. The Balaban J connectivity index is 1.33. The fourth-order valence-electron chi connectivity index (χ4n) is 3.15. The van der Waals surface area contributed by atoms with Gasteiger partial charge in [0, 0.05) is 18.3 Å². The first-order chi connectivity index (χ1) is 12.2. The van der Waals surface area contributed by atoms with E-state index in [1.165, 1.54) is 44.0 Å². The number of nitrogens with zero attached hydrogens (tertiary/aromatic N) is 1. The molecule has 130 valence electrons. The summed E-state index contributed by atoms with van der Waals surface area (Å²) in [7, 11) is 0. The summed E-state index contributed by atoms with van der Waals surface area (Å²) in [5, 5.41) is 3.18. The van der Waals surface area contributed by atoms with Crippen LogP contribution in [0.25, 0.3) is 0 Å². The van der Waals surface area contributed by atoms with Gasteiger partial charge in [0.05, 0.1) is 5.56 Å². The third-order valence-electron chi connectivity index (χ3n) is 4.83. The van der Waals surface area contributed by atoms with Crippen molar-refractivity contribution in [1.29, 1.82) is 0 Å². The average Bonchev–Trinajstić information content (AvgIpc) is 3.51. The Labute approximate surface area is 146 Å². The molecular weight excluding hydrogens is 319 g/mol. The topological polar surface area (TPSA) is 51.2 Å². The second-order valence-corrected chi connectivity index (χ2v) is 6.98. The minimum atomic E-state index is -0.290. The molecule has 0 spiro atoms. The fraction of sp³-hybridized carbons (Fsp3) is 0.400. The molecule has 1 aromatic heterocycles. The predicted molar refractivity (Wildman–Crippen MR) is 91.7 cm³/mol. The van der Waals surface area contributed by atoms with Gasteiger partial charge in [-0.2, -0.15) is 0 Å². The van der Waals surface area contributed by atoms with Crippen LogP contribution in [0.1, 0.15) is 41.6 Å². The molecule has 1 heterocycles. The third-order valence-corrected chi connectivity index (χ3v) is 4.83. The molecule has 4 nitrogen and oxygen atoms in total. The van der Waals surface area contributed by atoms with Crippen LogP contribution < -0.4 is 10.1 Å². The molecule has 0 aliphatic heterocycles. The van der Waals surface area contributed by atoms with Gasteiger partial charge in [-0.05, 0) is 61.3 Å². The van der Waals surface area contributed by atoms with Gasteiger partial charge in [-0.25, -0.2) is 9.37 Å². The van der Waals surface area contributed by atoms with Gasteiger partial charge in [0.25, 0.3) is 5.91 Å². The number of halogens is 1. The van der Waals surface area contributed by atoms with Crippen LogP contribution in [0.15, 0.2) is 42.6 Å². The summed E-state index contributed by atoms with van der Waals surface area (Å²) < 4.78 is 18.7. The first kappa shape index (κ1) is 16.1. The molecule has 4 rings (SSSR count). The van der Waals surface area contributed by atoms with Crippen LogP contribution in [-0.4, -0.2) is 16.9 Å². The van der Waals surface area contributed by atoms with Crippen LogP contribution in [0.2, 0.25) is 0 Å². The van der Waals surface area contributed by atoms with Crippen molar-refractivity contribution >= 4 is 5.91 Å². The van der Waals surface area contributed by atoms with E-state index in [0.717, 1.165) is 5.56 Å². The van der Waals surface area contributed by atoms with Gasteiger partial charge in [0.2, 0.25) is 5.88 Å². The smallest absolute Gasteiger partial charge is 0.253 e. The number of benzene rings is 1. The van der Waals surface area contributed by atoms with Crippen molar-refractivity contribution in [3.05, 3.63) is 59.5 Å². The average molecular weight is 340 g/mol. The molecule has 5 heteroatoms. The molecule has 2 aromatic rings. The first-order valence-electron chi connectivity index (χ1n) is 8.83. The highest BCUT2D eigenvalue weighted by molar-refractivity contribution is 5.94. The standard InChI is InChI=1S/C20H21FN2O2/c21-17-3-1-2-13(10-17)12-25-18-9-8-16(11-22-18)20(24)23-19(14-4-5-14)15-6-7-15/h1-3,8-11,14-15,19H,4-7,12H2,(H,23,24). The Kier molecular flexibility index (Phi) is 4.38. The Bertz CT molecular complexity index is 743. The lowest BCUT2D eigenvalue weighted by molar-refractivity contribution is 0.0926. The first-order valence-corrected chi connectivity index (χ1v) is 8.83. The van der Waals surface area contributed by atoms with Crippen molar-refractivity contribution in [2.24, 2.45) is 11.8 Å². The minimum absolute atomic E-state index is 0.0621. The van der Waals surface area contributed by atoms with Gasteiger partial charge in [-0.15, -0.1) is 0 Å². The molecule has 2 aliphatic carbocycles. The highest BCUT2D eigenvalue weighted by Gasteiger charge is 2.42. The molecule has 2 fully saturated rings. The zero-order valence-corrected chi connectivity index (χ0v) is 14.0. The number of carbonyl (C=O) groups is 1. The number of nitrogens with one attached hydrogen (secondary N) is 1. The van der Waals surface area contributed by atoms with Gasteiger partial charge in [0.15, 0.2) is 0 Å². The number of hydrogen-bond donors (Lipinski definition) is 1. The van der Waals surface area contributed by atoms with E-state index in [2.05, 4.69) is 10.3 Å². The zero-order chi connectivity index (χ0) is 17.2. The van der Waals surface area contributed by atoms with Gasteiger partial charge in [-0.1, -0.05) is 12.1 Å². The number of pyridine rings is 1. The van der Waals surface area contributed by atoms with Gasteiger partial charge in [-0.3, -0.25) is 4.79 Å². The van der Waals surface area contributed by atoms with E-state index in [9.17, 15) is 9.18 Å². The molecule has 25 heavy (non-hydrogen) atoms. The molecule has 0 atom stereocenters. The molecule has 1 amide bonds. The molecule has 0 radical (unpaired) electrons. The Morgan fingerprint density at radius 1 is 1.20 bits per heavy atom. The van der Waals surface area contributed by atoms with E-state index in [1.54, 1.807) is 24.3 Å². The van der Waals surface area contributed by atoms with Crippen LogP contribution in [0, 0.1) is 17.7 Å². The Hall–Kier alpha value is -2.43. The van der Waals surface area contributed by atoms with E-state index in [0.29, 0.717) is 29.3 Å². The molecule has 2 aliphatic rings. The summed E-state index contributed by atoms with van der Waals surface area (Å²) in [5.41, 5.74) is 1.28. The molecule has 2 saturated carbocycles. The highest BCUT2D eigenvalue weighted by atomic mass is 19.1. The van der Waals surface area contributed by atoms with Crippen LogP contribution in [0.3, 0.4) is 0 Å². The lowest BCUT2D eigenvalue weighted by Crippen LogP contribution is -2.38. The van der Waals surface area contributed by atoms with Crippen molar-refractivity contribution in [3.63, 3.8) is 0 Å². The number of ether oxygens (including phenoxy) is 1. The van der Waals surface area contributed by atoms with E-state index in [1.807, 2.05) is 0 Å². The lowest BCUT2D eigenvalue weighted by Gasteiger charge is -2.17. The van der Waals surface area contributed by atoms with Crippen LogP contribution in [0.5, 0.6) is 5.88 Å². The summed E-state index contributed by atoms with van der Waals surface area (Å²) in [6.07, 6.45) is 6.45. The molecule has 0 unspecified atom stereocenters. The lowest BCUT2D eigenvalue weighted by atomic mass is 10.1. The quantitative estimate of drug-likeness (QED) is 0.836. The van der Waals surface area contributed by atoms with Crippen molar-refractivity contribution in [2.45, 2.75) is 38.3 Å². The van der Waals surface area contributed by atoms with Crippen molar-refractivity contribution in [2.75, 3.05) is 0 Å². The van der Waals surface area contributed by atoms with Crippen LogP contribution in [0.4, 0.5) is 4.39 Å². The zero-order valence-electron chi connectivity index (χ0n) is 14.0. The SMILES string of the molecule is O=C(NC(C1CC1)C1CC1)c1ccc(OCc2cccc(F)c2)nc1. The van der Waals surface area contributed by atoms with Crippen molar-refractivity contribution in [3.8, 4) is 5.88 Å². The maximum absolute atomic E-state index is 13.1. The van der Waals surface area contributed by atoms with Crippen LogP contribution in [-0.2, 0) is 6.61 Å². The third kappa shape index (κ3) is 4.16. The van der Waals surface area contributed by atoms with E-state index in [4.69, 9.17) is 4.74 Å². The number of aromatic nitrogens is 1. The van der Waals surface area contributed by atoms with E-state index < -0.39 is 0 Å². The van der Waals surface area contributed by atoms with E-state index >= 15 is 0 Å². The highest BCUT2D eigenvalue weighted by Crippen LogP contribution is 2.44. The molecular formula is C20H21FN2O2. The maximum atomic E-state index is 13.1. The van der Waals surface area contributed by atoms with Crippen molar-refractivity contribution < 1.29 is 13.9 Å². The second kappa shape index (κ2) is 6.82. The molecule has 1 aromatic carbocycles. The molecule has 1 N–H and O–H groups in total. The number of hydrogen-bond acceptors (Lipinski definition) is 3. The maximum Gasteiger partial charge on any atom is 0.253 e. The summed E-state index contributed by atoms with van der Waals surface area (Å²) in [6.45, 7) is 0.238. The Morgan fingerprint density at radius 2 is 1.96 bits per heavy atom. The van der Waals surface area contributed by atoms with Crippen LogP contribution >= 0.6 is 0 Å². The van der Waals surface area contributed by atoms with E-state index in [-0.39, 0.29) is 18.3 Å². The van der Waals surface area contributed by atoms with Crippen molar-refractivity contribution in [1.82, 2.24) is 10.3 Å². The monoisotopic (exact) mass is 340 g/mol. The summed E-state index contributed by atoms with van der Waals surface area (Å²) in [5.74, 6) is 1.40. The van der Waals surface area contributed by atoms with Gasteiger partial charge in [0.1, 0.15) is 12.4 Å². The van der Waals surface area contributed by atoms with Gasteiger partial charge >= 0.3 is 0 Å². The normalized spacial score (nSPS) is 16.7. The predicted octanol–water partition coefficient (Wildman–Crippen LogP) is 3.72. The number of amides is 1. The largest absolute Gasteiger partial charge is 0.473 e.